The molecule has 146 valence electrons. The number of hydrogen-bond acceptors (Lipinski definition) is 3. The van der Waals surface area contributed by atoms with E-state index in [2.05, 4.69) is 5.32 Å². The Labute approximate surface area is 169 Å². The number of hydrogen-bond donors (Lipinski definition) is 1. The summed E-state index contributed by atoms with van der Waals surface area (Å²) in [6.45, 7) is 2.85. The van der Waals surface area contributed by atoms with Crippen LogP contribution >= 0.6 is 11.6 Å². The van der Waals surface area contributed by atoms with Gasteiger partial charge in [0.1, 0.15) is 5.75 Å². The van der Waals surface area contributed by atoms with Gasteiger partial charge in [0.2, 0.25) is 5.91 Å². The van der Waals surface area contributed by atoms with E-state index in [9.17, 15) is 9.59 Å². The zero-order chi connectivity index (χ0) is 19.7. The van der Waals surface area contributed by atoms with Crippen molar-refractivity contribution in [1.29, 1.82) is 0 Å². The van der Waals surface area contributed by atoms with Crippen LogP contribution in [0, 0.1) is 5.92 Å². The van der Waals surface area contributed by atoms with E-state index in [-0.39, 0.29) is 17.7 Å². The lowest BCUT2D eigenvalue weighted by atomic mass is 10.1. The van der Waals surface area contributed by atoms with Crippen LogP contribution < -0.4 is 10.1 Å². The Morgan fingerprint density at radius 3 is 2.64 bits per heavy atom. The lowest BCUT2D eigenvalue weighted by Crippen LogP contribution is -2.38. The first kappa shape index (κ1) is 18.8. The maximum absolute atomic E-state index is 13.0. The molecule has 1 N–H and O–H groups in total. The molecule has 0 bridgehead atoms. The monoisotopic (exact) mass is 398 g/mol. The third kappa shape index (κ3) is 4.14. The number of benzene rings is 2. The van der Waals surface area contributed by atoms with Gasteiger partial charge in [-0.1, -0.05) is 30.7 Å². The predicted molar refractivity (Wildman–Crippen MR) is 108 cm³/mol. The SMILES string of the molecule is CC[C@H]1Oc2ccc(NC(=O)C3CC3)cc2CN(Cc2ccc(Cl)cc2)C1=O. The average Bonchev–Trinajstić information content (AvgIpc) is 3.53. The highest BCUT2D eigenvalue weighted by Gasteiger charge is 2.31. The van der Waals surface area contributed by atoms with Gasteiger partial charge in [0.25, 0.3) is 5.91 Å². The Morgan fingerprint density at radius 1 is 1.21 bits per heavy atom. The normalized spacial score (nSPS) is 18.9. The Kier molecular flexibility index (Phi) is 5.27. The van der Waals surface area contributed by atoms with Crippen molar-refractivity contribution in [3.8, 4) is 5.75 Å². The number of anilines is 1. The van der Waals surface area contributed by atoms with Crippen LogP contribution in [0.2, 0.25) is 5.02 Å². The highest BCUT2D eigenvalue weighted by Crippen LogP contribution is 2.33. The molecule has 0 aromatic heterocycles. The van der Waals surface area contributed by atoms with Crippen molar-refractivity contribution in [3.05, 3.63) is 58.6 Å². The van der Waals surface area contributed by atoms with Gasteiger partial charge in [0.15, 0.2) is 6.10 Å². The number of nitrogens with zero attached hydrogens (tertiary/aromatic N) is 1. The molecule has 1 saturated carbocycles. The summed E-state index contributed by atoms with van der Waals surface area (Å²) < 4.78 is 6.00. The topological polar surface area (TPSA) is 58.6 Å². The van der Waals surface area contributed by atoms with Crippen LogP contribution in [-0.4, -0.2) is 22.8 Å². The van der Waals surface area contributed by atoms with Crippen LogP contribution in [0.3, 0.4) is 0 Å². The van der Waals surface area contributed by atoms with E-state index in [0.29, 0.717) is 30.3 Å². The molecule has 1 atom stereocenters. The van der Waals surface area contributed by atoms with Crippen molar-refractivity contribution < 1.29 is 14.3 Å². The minimum Gasteiger partial charge on any atom is -0.480 e. The number of nitrogens with one attached hydrogen (secondary N) is 1. The van der Waals surface area contributed by atoms with E-state index in [1.807, 2.05) is 49.4 Å². The van der Waals surface area contributed by atoms with Crippen molar-refractivity contribution >= 4 is 29.1 Å². The first-order chi connectivity index (χ1) is 13.5. The van der Waals surface area contributed by atoms with Crippen molar-refractivity contribution in [3.63, 3.8) is 0 Å². The first-order valence-corrected chi connectivity index (χ1v) is 10.0. The van der Waals surface area contributed by atoms with Gasteiger partial charge in [-0.15, -0.1) is 0 Å². The zero-order valence-electron chi connectivity index (χ0n) is 15.8. The number of ether oxygens (including phenoxy) is 1. The standard InChI is InChI=1S/C22H23ClN2O3/c1-2-19-22(27)25(12-14-3-7-17(23)8-4-14)13-16-11-18(9-10-20(16)28-19)24-21(26)15-5-6-15/h3-4,7-11,15,19H,2,5-6,12-13H2,1H3,(H,24,26)/t19-/m1/s1. The maximum Gasteiger partial charge on any atom is 0.264 e. The minimum atomic E-state index is -0.513. The zero-order valence-corrected chi connectivity index (χ0v) is 16.5. The highest BCUT2D eigenvalue weighted by molar-refractivity contribution is 6.30. The summed E-state index contributed by atoms with van der Waals surface area (Å²) in [6.07, 6.45) is 2.00. The molecule has 2 amide bonds. The second kappa shape index (κ2) is 7.84. The number of amides is 2. The van der Waals surface area contributed by atoms with Crippen LogP contribution in [0.1, 0.15) is 37.3 Å². The Balaban J connectivity index is 1.58. The molecule has 1 fully saturated rings. The molecule has 0 saturated heterocycles. The van der Waals surface area contributed by atoms with E-state index in [1.54, 1.807) is 4.90 Å². The molecular formula is C22H23ClN2O3. The van der Waals surface area contributed by atoms with Crippen molar-refractivity contribution in [1.82, 2.24) is 4.90 Å². The second-order valence-corrected chi connectivity index (χ2v) is 7.86. The van der Waals surface area contributed by atoms with Crippen molar-refractivity contribution in [2.24, 2.45) is 5.92 Å². The van der Waals surface area contributed by atoms with Gasteiger partial charge in [-0.05, 0) is 55.2 Å². The largest absolute Gasteiger partial charge is 0.480 e. The summed E-state index contributed by atoms with van der Waals surface area (Å²) in [4.78, 5) is 26.9. The number of halogens is 1. The number of carbonyl (C=O) groups excluding carboxylic acids is 2. The van der Waals surface area contributed by atoms with Crippen LogP contribution in [0.25, 0.3) is 0 Å². The minimum absolute atomic E-state index is 0.0304. The second-order valence-electron chi connectivity index (χ2n) is 7.42. The van der Waals surface area contributed by atoms with Crippen molar-refractivity contribution in [2.75, 3.05) is 5.32 Å². The molecule has 2 aromatic rings. The molecular weight excluding hydrogens is 376 g/mol. The molecule has 4 rings (SSSR count). The molecule has 28 heavy (non-hydrogen) atoms. The van der Waals surface area contributed by atoms with Crippen LogP contribution in [0.15, 0.2) is 42.5 Å². The van der Waals surface area contributed by atoms with Gasteiger partial charge in [0.05, 0.1) is 0 Å². The van der Waals surface area contributed by atoms with E-state index in [0.717, 1.165) is 29.7 Å². The predicted octanol–water partition coefficient (Wildman–Crippen LogP) is 4.39. The number of rotatable bonds is 5. The lowest BCUT2D eigenvalue weighted by molar-refractivity contribution is -0.139. The Hall–Kier alpha value is -2.53. The summed E-state index contributed by atoms with van der Waals surface area (Å²) in [6, 6.07) is 13.1. The molecule has 2 aliphatic rings. The molecule has 1 aliphatic carbocycles. The number of fused-ring (bicyclic) bond motifs is 1. The van der Waals surface area contributed by atoms with Gasteiger partial charge in [-0.3, -0.25) is 9.59 Å². The van der Waals surface area contributed by atoms with Crippen LogP contribution in [0.4, 0.5) is 5.69 Å². The summed E-state index contributed by atoms with van der Waals surface area (Å²) in [7, 11) is 0. The number of carbonyl (C=O) groups is 2. The quantitative estimate of drug-likeness (QED) is 0.812. The molecule has 1 aliphatic heterocycles. The summed E-state index contributed by atoms with van der Waals surface area (Å²) >= 11 is 5.97. The van der Waals surface area contributed by atoms with Crippen molar-refractivity contribution in [2.45, 2.75) is 45.4 Å². The highest BCUT2D eigenvalue weighted by atomic mass is 35.5. The van der Waals surface area contributed by atoms with Crippen LogP contribution in [0.5, 0.6) is 5.75 Å². The summed E-state index contributed by atoms with van der Waals surface area (Å²) in [5.41, 5.74) is 2.65. The fourth-order valence-corrected chi connectivity index (χ4v) is 3.50. The fourth-order valence-electron chi connectivity index (χ4n) is 3.38. The van der Waals surface area contributed by atoms with Gasteiger partial charge >= 0.3 is 0 Å². The Morgan fingerprint density at radius 2 is 1.96 bits per heavy atom. The van der Waals surface area contributed by atoms with Gasteiger partial charge in [-0.2, -0.15) is 0 Å². The first-order valence-electron chi connectivity index (χ1n) is 9.67. The summed E-state index contributed by atoms with van der Waals surface area (Å²) in [5, 5.41) is 3.64. The van der Waals surface area contributed by atoms with E-state index < -0.39 is 6.10 Å². The van der Waals surface area contributed by atoms with E-state index in [1.165, 1.54) is 0 Å². The summed E-state index contributed by atoms with van der Waals surface area (Å²) in [5.74, 6) is 0.873. The molecule has 0 spiro atoms. The van der Waals surface area contributed by atoms with Crippen LogP contribution in [-0.2, 0) is 22.7 Å². The lowest BCUT2D eigenvalue weighted by Gasteiger charge is -2.23. The van der Waals surface area contributed by atoms with Gasteiger partial charge in [0, 0.05) is 35.3 Å². The van der Waals surface area contributed by atoms with E-state index >= 15 is 0 Å². The fraction of sp³-hybridized carbons (Fsp3) is 0.364. The maximum atomic E-state index is 13.0. The van der Waals surface area contributed by atoms with Gasteiger partial charge in [-0.25, -0.2) is 0 Å². The molecule has 1 heterocycles. The smallest absolute Gasteiger partial charge is 0.264 e. The third-order valence-corrected chi connectivity index (χ3v) is 5.40. The molecule has 6 heteroatoms. The molecule has 2 aromatic carbocycles. The third-order valence-electron chi connectivity index (χ3n) is 5.15. The van der Waals surface area contributed by atoms with E-state index in [4.69, 9.17) is 16.3 Å². The molecule has 5 nitrogen and oxygen atoms in total. The molecule has 0 radical (unpaired) electrons. The Bertz CT molecular complexity index is 893. The average molecular weight is 399 g/mol. The van der Waals surface area contributed by atoms with Gasteiger partial charge < -0.3 is 15.0 Å². The molecule has 0 unspecified atom stereocenters.